The molecule has 2 rings (SSSR count). The van der Waals surface area contributed by atoms with Crippen LogP contribution in [0.3, 0.4) is 0 Å². The lowest BCUT2D eigenvalue weighted by molar-refractivity contribution is 0.224. The molecular weight excluding hydrogens is 370 g/mol. The van der Waals surface area contributed by atoms with E-state index < -0.39 is 0 Å². The first-order valence-corrected chi connectivity index (χ1v) is 10.0. The maximum absolute atomic E-state index is 6.36. The number of hydrogen-bond acceptors (Lipinski definition) is 4. The van der Waals surface area contributed by atoms with E-state index in [4.69, 9.17) is 33.3 Å². The summed E-state index contributed by atoms with van der Waals surface area (Å²) < 4.78 is 11.4. The molecular formula is C19H28ClN3O2S. The van der Waals surface area contributed by atoms with Gasteiger partial charge in [-0.15, -0.1) is 0 Å². The van der Waals surface area contributed by atoms with E-state index in [0.29, 0.717) is 34.3 Å². The number of hydrazone groups is 1. The van der Waals surface area contributed by atoms with Crippen LogP contribution in [0.1, 0.15) is 58.4 Å². The average molecular weight is 398 g/mol. The number of ether oxygens (including phenoxy) is 2. The van der Waals surface area contributed by atoms with Gasteiger partial charge in [0.25, 0.3) is 0 Å². The summed E-state index contributed by atoms with van der Waals surface area (Å²) in [5.74, 6) is 1.17. The van der Waals surface area contributed by atoms with Crippen LogP contribution in [0, 0.1) is 0 Å². The van der Waals surface area contributed by atoms with E-state index in [9.17, 15) is 0 Å². The minimum absolute atomic E-state index is 0.0103. The minimum atomic E-state index is 0.0103. The first-order valence-electron chi connectivity index (χ1n) is 9.22. The van der Waals surface area contributed by atoms with Gasteiger partial charge in [-0.1, -0.05) is 30.9 Å². The number of benzene rings is 1. The second-order valence-corrected chi connectivity index (χ2v) is 7.42. The number of hydrogen-bond donors (Lipinski definition) is 2. The van der Waals surface area contributed by atoms with Gasteiger partial charge >= 0.3 is 0 Å². The third-order valence-electron chi connectivity index (χ3n) is 4.01. The van der Waals surface area contributed by atoms with Crippen LogP contribution in [0.4, 0.5) is 0 Å². The monoisotopic (exact) mass is 397 g/mol. The average Bonchev–Trinajstić information content (AvgIpc) is 2.59. The third-order valence-corrected chi connectivity index (χ3v) is 4.50. The fourth-order valence-corrected chi connectivity index (χ4v) is 3.39. The number of halogens is 1. The first kappa shape index (κ1) is 20.8. The summed E-state index contributed by atoms with van der Waals surface area (Å²) in [6.45, 7) is 6.35. The lowest BCUT2D eigenvalue weighted by atomic mass is 9.96. The van der Waals surface area contributed by atoms with Crippen molar-refractivity contribution in [1.29, 1.82) is 0 Å². The van der Waals surface area contributed by atoms with Crippen molar-refractivity contribution in [3.05, 3.63) is 22.7 Å². The topological polar surface area (TPSA) is 54.9 Å². The molecule has 1 saturated carbocycles. The molecule has 2 N–H and O–H groups in total. The van der Waals surface area contributed by atoms with E-state index >= 15 is 0 Å². The molecule has 0 aromatic heterocycles. The normalized spacial score (nSPS) is 15.3. The predicted octanol–water partition coefficient (Wildman–Crippen LogP) is 4.66. The lowest BCUT2D eigenvalue weighted by Crippen LogP contribution is -2.40. The Hall–Kier alpha value is -1.53. The van der Waals surface area contributed by atoms with Crippen molar-refractivity contribution in [2.24, 2.45) is 5.10 Å². The van der Waals surface area contributed by atoms with E-state index in [-0.39, 0.29) is 6.10 Å². The molecule has 0 atom stereocenters. The second kappa shape index (κ2) is 10.6. The summed E-state index contributed by atoms with van der Waals surface area (Å²) in [7, 11) is 0. The van der Waals surface area contributed by atoms with Gasteiger partial charge in [0.1, 0.15) is 0 Å². The fraction of sp³-hybridized carbons (Fsp3) is 0.579. The van der Waals surface area contributed by atoms with Gasteiger partial charge in [-0.25, -0.2) is 0 Å². The molecule has 0 amide bonds. The Morgan fingerprint density at radius 3 is 2.73 bits per heavy atom. The molecule has 1 aromatic carbocycles. The highest BCUT2D eigenvalue weighted by Crippen LogP contribution is 2.37. The SMILES string of the molecule is CCOc1cc(/C=N\NC(=S)NC2CCCCC2)cc(Cl)c1OC(C)C. The highest BCUT2D eigenvalue weighted by atomic mass is 35.5. The number of rotatable bonds is 7. The van der Waals surface area contributed by atoms with Gasteiger partial charge in [0.05, 0.1) is 23.9 Å². The van der Waals surface area contributed by atoms with Crippen LogP contribution in [0.15, 0.2) is 17.2 Å². The van der Waals surface area contributed by atoms with E-state index in [0.717, 1.165) is 18.4 Å². The van der Waals surface area contributed by atoms with Gasteiger partial charge in [-0.2, -0.15) is 5.10 Å². The first-order chi connectivity index (χ1) is 12.5. The predicted molar refractivity (Wildman–Crippen MR) is 112 cm³/mol. The zero-order valence-corrected chi connectivity index (χ0v) is 17.3. The Morgan fingerprint density at radius 1 is 1.35 bits per heavy atom. The molecule has 0 saturated heterocycles. The van der Waals surface area contributed by atoms with Crippen molar-refractivity contribution in [3.8, 4) is 11.5 Å². The molecule has 1 aromatic rings. The molecule has 5 nitrogen and oxygen atoms in total. The molecule has 0 bridgehead atoms. The Kier molecular flexibility index (Phi) is 8.45. The van der Waals surface area contributed by atoms with Gasteiger partial charge in [0, 0.05) is 6.04 Å². The number of nitrogens with one attached hydrogen (secondary N) is 2. The molecule has 0 aliphatic heterocycles. The fourth-order valence-electron chi connectivity index (χ4n) is 2.91. The smallest absolute Gasteiger partial charge is 0.187 e. The molecule has 0 unspecified atom stereocenters. The Morgan fingerprint density at radius 2 is 2.08 bits per heavy atom. The minimum Gasteiger partial charge on any atom is -0.490 e. The third kappa shape index (κ3) is 6.65. The molecule has 7 heteroatoms. The van der Waals surface area contributed by atoms with Gasteiger partial charge < -0.3 is 14.8 Å². The summed E-state index contributed by atoms with van der Waals surface area (Å²) in [4.78, 5) is 0. The molecule has 1 fully saturated rings. The summed E-state index contributed by atoms with van der Waals surface area (Å²) in [6.07, 6.45) is 7.83. The summed E-state index contributed by atoms with van der Waals surface area (Å²) in [5, 5.41) is 8.56. The summed E-state index contributed by atoms with van der Waals surface area (Å²) >= 11 is 11.7. The highest BCUT2D eigenvalue weighted by molar-refractivity contribution is 7.80. The van der Waals surface area contributed by atoms with Gasteiger partial charge in [0.2, 0.25) is 0 Å². The molecule has 0 spiro atoms. The van der Waals surface area contributed by atoms with Gasteiger partial charge in [-0.3, -0.25) is 5.43 Å². The molecule has 0 heterocycles. The van der Waals surface area contributed by atoms with E-state index in [2.05, 4.69) is 15.8 Å². The summed E-state index contributed by atoms with van der Waals surface area (Å²) in [6, 6.07) is 4.10. The van der Waals surface area contributed by atoms with Crippen molar-refractivity contribution in [2.75, 3.05) is 6.61 Å². The standard InChI is InChI=1S/C19H28ClN3O2S/c1-4-24-17-11-14(10-16(20)18(17)25-13(2)3)12-21-23-19(26)22-15-8-6-5-7-9-15/h10-13,15H,4-9H2,1-3H3,(H2,22,23,26)/b21-12-. The van der Waals surface area contributed by atoms with Crippen LogP contribution in [-0.2, 0) is 0 Å². The zero-order valence-electron chi connectivity index (χ0n) is 15.7. The van der Waals surface area contributed by atoms with Crippen LogP contribution >= 0.6 is 23.8 Å². The second-order valence-electron chi connectivity index (χ2n) is 6.61. The van der Waals surface area contributed by atoms with Crippen LogP contribution in [-0.4, -0.2) is 30.1 Å². The Balaban J connectivity index is 1.98. The number of thiocarbonyl (C=S) groups is 1. The molecule has 1 aliphatic carbocycles. The maximum atomic E-state index is 6.36. The van der Waals surface area contributed by atoms with Crippen molar-refractivity contribution in [3.63, 3.8) is 0 Å². The highest BCUT2D eigenvalue weighted by Gasteiger charge is 2.14. The lowest BCUT2D eigenvalue weighted by Gasteiger charge is -2.23. The van der Waals surface area contributed by atoms with E-state index in [1.807, 2.05) is 26.8 Å². The molecule has 26 heavy (non-hydrogen) atoms. The maximum Gasteiger partial charge on any atom is 0.187 e. The molecule has 144 valence electrons. The van der Waals surface area contributed by atoms with Crippen LogP contribution in [0.5, 0.6) is 11.5 Å². The molecule has 0 radical (unpaired) electrons. The number of nitrogens with zero attached hydrogens (tertiary/aromatic N) is 1. The Bertz CT molecular complexity index is 631. The van der Waals surface area contributed by atoms with Crippen molar-refractivity contribution < 1.29 is 9.47 Å². The largest absolute Gasteiger partial charge is 0.490 e. The zero-order chi connectivity index (χ0) is 18.9. The van der Waals surface area contributed by atoms with Crippen LogP contribution in [0.25, 0.3) is 0 Å². The molecule has 1 aliphatic rings. The van der Waals surface area contributed by atoms with E-state index in [1.54, 1.807) is 12.3 Å². The van der Waals surface area contributed by atoms with Crippen LogP contribution in [0.2, 0.25) is 5.02 Å². The Labute approximate surface area is 166 Å². The van der Waals surface area contributed by atoms with E-state index in [1.165, 1.54) is 19.3 Å². The van der Waals surface area contributed by atoms with Crippen molar-refractivity contribution >= 4 is 35.1 Å². The summed E-state index contributed by atoms with van der Waals surface area (Å²) in [5.41, 5.74) is 3.68. The van der Waals surface area contributed by atoms with Gasteiger partial charge in [0.15, 0.2) is 16.6 Å². The quantitative estimate of drug-likeness (QED) is 0.398. The van der Waals surface area contributed by atoms with Crippen molar-refractivity contribution in [1.82, 2.24) is 10.7 Å². The van der Waals surface area contributed by atoms with Gasteiger partial charge in [-0.05, 0) is 63.5 Å². The van der Waals surface area contributed by atoms with Crippen molar-refractivity contribution in [2.45, 2.75) is 65.0 Å². The van der Waals surface area contributed by atoms with Crippen LogP contribution < -0.4 is 20.2 Å².